The summed E-state index contributed by atoms with van der Waals surface area (Å²) in [5, 5.41) is 0. The molecule has 0 heterocycles. The Labute approximate surface area is 70.5 Å². The van der Waals surface area contributed by atoms with Crippen LogP contribution in [0.1, 0.15) is 7.43 Å². The fourth-order valence-corrected chi connectivity index (χ4v) is 0.474. The van der Waals surface area contributed by atoms with Crippen molar-refractivity contribution in [1.82, 2.24) is 0 Å². The van der Waals surface area contributed by atoms with Crippen molar-refractivity contribution >= 4 is 7.92 Å². The van der Waals surface area contributed by atoms with Gasteiger partial charge in [-0.25, -0.2) is 6.57 Å². The first-order valence-corrected chi connectivity index (χ1v) is 4.60. The van der Waals surface area contributed by atoms with Crippen LogP contribution in [0.2, 0.25) is 0 Å². The predicted molar refractivity (Wildman–Crippen MR) is 38.4 cm³/mol. The zero-order valence-electron chi connectivity index (χ0n) is 4.53. The maximum Gasteiger partial charge on any atom is 0.306 e. The van der Waals surface area contributed by atoms with Crippen LogP contribution in [-0.2, 0) is 0 Å². The van der Waals surface area contributed by atoms with Gasteiger partial charge in [-0.05, 0) is 0 Å². The highest BCUT2D eigenvalue weighted by molar-refractivity contribution is 7.56. The van der Waals surface area contributed by atoms with Gasteiger partial charge in [0.25, 0.3) is 0 Å². The van der Waals surface area contributed by atoms with Crippen LogP contribution >= 0.6 is 7.92 Å². The molecule has 0 fully saturated rings. The highest BCUT2D eigenvalue weighted by atomic mass is 127. The molecule has 0 aliphatic heterocycles. The van der Waals surface area contributed by atoms with Crippen molar-refractivity contribution in [3.8, 4) is 0 Å². The molecule has 0 N–H and O–H groups in total. The van der Waals surface area contributed by atoms with Crippen molar-refractivity contribution in [2.45, 2.75) is 7.43 Å². The van der Waals surface area contributed by atoms with Gasteiger partial charge in [0, 0.05) is 0 Å². The van der Waals surface area contributed by atoms with Gasteiger partial charge in [0.05, 0.1) is 21.3 Å². The van der Waals surface area contributed by atoms with E-state index in [1.807, 2.05) is 0 Å². The van der Waals surface area contributed by atoms with Crippen LogP contribution < -0.4 is 24.0 Å². The van der Waals surface area contributed by atoms with Crippen molar-refractivity contribution in [3.05, 3.63) is 11.4 Å². The van der Waals surface area contributed by atoms with E-state index in [-0.39, 0.29) is 39.3 Å². The minimum absolute atomic E-state index is 0. The molecule has 0 bridgehead atoms. The van der Waals surface area contributed by atoms with Crippen LogP contribution in [0.3, 0.4) is 0 Å². The van der Waals surface area contributed by atoms with Gasteiger partial charge in [-0.15, -0.1) is 0 Å². The van der Waals surface area contributed by atoms with Crippen LogP contribution in [0, 0.1) is 6.57 Å². The molecule has 0 aliphatic rings. The molecule has 0 atom stereocenters. The average Bonchev–Trinajstić information content (AvgIpc) is 1.35. The molecule has 8 heavy (non-hydrogen) atoms. The molecule has 0 aliphatic carbocycles. The Balaban J connectivity index is -0.000000125. The summed E-state index contributed by atoms with van der Waals surface area (Å²) in [7, 11) is -0.240. The molecule has 3 heteroatoms. The van der Waals surface area contributed by atoms with Crippen LogP contribution in [0.25, 0.3) is 4.85 Å². The monoisotopic (exact) mass is 245 g/mol. The molecule has 0 aromatic carbocycles. The topological polar surface area (TPSA) is 4.36 Å². The Hall–Kier alpha value is 0.650. The largest absolute Gasteiger partial charge is 1.00 e. The minimum atomic E-state index is -0.240. The molecule has 0 saturated carbocycles. The SMILES string of the molecule is C.[C-]#[N+]C[PH+](C)C.[I-]. The van der Waals surface area contributed by atoms with Gasteiger partial charge < -0.3 is 24.0 Å². The number of hydrogen-bond donors (Lipinski definition) is 0. The van der Waals surface area contributed by atoms with Crippen molar-refractivity contribution < 1.29 is 24.0 Å². The smallest absolute Gasteiger partial charge is 0.306 e. The molecular weight excluding hydrogens is 232 g/mol. The van der Waals surface area contributed by atoms with Gasteiger partial charge in [-0.1, -0.05) is 7.43 Å². The van der Waals surface area contributed by atoms with Gasteiger partial charge in [0.15, 0.2) is 0 Å². The number of rotatable bonds is 1. The van der Waals surface area contributed by atoms with Crippen molar-refractivity contribution in [1.29, 1.82) is 0 Å². The molecule has 0 rings (SSSR count). The van der Waals surface area contributed by atoms with Gasteiger partial charge >= 0.3 is 6.29 Å². The predicted octanol–water partition coefficient (Wildman–Crippen LogP) is -1.02. The molecular formula is C5H13INP. The Kier molecular flexibility index (Phi) is 21.0. The highest BCUT2D eigenvalue weighted by Crippen LogP contribution is 2.22. The molecule has 50 valence electrons. The Morgan fingerprint density at radius 1 is 1.50 bits per heavy atom. The van der Waals surface area contributed by atoms with E-state index in [4.69, 9.17) is 6.57 Å². The van der Waals surface area contributed by atoms with Gasteiger partial charge in [-0.2, -0.15) is 0 Å². The van der Waals surface area contributed by atoms with E-state index < -0.39 is 0 Å². The van der Waals surface area contributed by atoms with Crippen LogP contribution in [0.5, 0.6) is 0 Å². The maximum absolute atomic E-state index is 6.38. The molecule has 0 unspecified atom stereocenters. The summed E-state index contributed by atoms with van der Waals surface area (Å²) in [5.41, 5.74) is 0. The minimum Gasteiger partial charge on any atom is -1.00 e. The third kappa shape index (κ3) is 15.9. The maximum atomic E-state index is 6.38. The third-order valence-electron chi connectivity index (χ3n) is 0.395. The van der Waals surface area contributed by atoms with E-state index in [0.717, 1.165) is 6.29 Å². The summed E-state index contributed by atoms with van der Waals surface area (Å²) in [6, 6.07) is 0. The molecule has 0 amide bonds. The van der Waals surface area contributed by atoms with Crippen molar-refractivity contribution in [3.63, 3.8) is 0 Å². The average molecular weight is 245 g/mol. The first-order chi connectivity index (χ1) is 2.77. The Morgan fingerprint density at radius 3 is 1.88 bits per heavy atom. The number of halogens is 1. The van der Waals surface area contributed by atoms with E-state index in [1.54, 1.807) is 0 Å². The molecule has 0 spiro atoms. The van der Waals surface area contributed by atoms with E-state index in [2.05, 4.69) is 18.2 Å². The normalized spacial score (nSPS) is 6.25. The van der Waals surface area contributed by atoms with Crippen LogP contribution in [-0.4, -0.2) is 19.6 Å². The lowest BCUT2D eigenvalue weighted by molar-refractivity contribution is -0.00000187. The molecule has 1 nitrogen and oxygen atoms in total. The zero-order valence-corrected chi connectivity index (χ0v) is 7.69. The van der Waals surface area contributed by atoms with Gasteiger partial charge in [-0.3, -0.25) is 4.85 Å². The number of hydrogen-bond acceptors (Lipinski definition) is 0. The Bertz CT molecular complexity index is 67.3. The van der Waals surface area contributed by atoms with E-state index >= 15 is 0 Å². The standard InChI is InChI=1S/C4H8NP.CH4.HI/c1-5-4-6(2)3;;/h4H2,2-3H3;1H4;1H. The van der Waals surface area contributed by atoms with Crippen molar-refractivity contribution in [2.75, 3.05) is 19.6 Å². The fraction of sp³-hybridized carbons (Fsp3) is 0.800. The summed E-state index contributed by atoms with van der Waals surface area (Å²) >= 11 is 0. The van der Waals surface area contributed by atoms with Crippen molar-refractivity contribution in [2.24, 2.45) is 0 Å². The summed E-state index contributed by atoms with van der Waals surface area (Å²) in [5.74, 6) is 0. The summed E-state index contributed by atoms with van der Waals surface area (Å²) in [6.07, 6.45) is 0.769. The molecule has 0 radical (unpaired) electrons. The first kappa shape index (κ1) is 15.9. The van der Waals surface area contributed by atoms with Crippen LogP contribution in [0.15, 0.2) is 0 Å². The first-order valence-electron chi connectivity index (χ1n) is 1.89. The fourth-order valence-electron chi connectivity index (χ4n) is 0.158. The lowest BCUT2D eigenvalue weighted by Crippen LogP contribution is -3.00. The van der Waals surface area contributed by atoms with E-state index in [9.17, 15) is 0 Å². The molecule has 0 aromatic rings. The Morgan fingerprint density at radius 2 is 1.88 bits per heavy atom. The zero-order chi connectivity index (χ0) is 4.99. The lowest BCUT2D eigenvalue weighted by Gasteiger charge is -1.78. The van der Waals surface area contributed by atoms with Gasteiger partial charge in [0.2, 0.25) is 0 Å². The molecule has 0 saturated heterocycles. The summed E-state index contributed by atoms with van der Waals surface area (Å²) < 4.78 is 0. The quantitative estimate of drug-likeness (QED) is 0.316. The van der Waals surface area contributed by atoms with Gasteiger partial charge in [0.1, 0.15) is 0 Å². The van der Waals surface area contributed by atoms with E-state index in [1.165, 1.54) is 0 Å². The second-order valence-electron chi connectivity index (χ2n) is 1.52. The number of nitrogens with zero attached hydrogens (tertiary/aromatic N) is 1. The van der Waals surface area contributed by atoms with E-state index in [0.29, 0.717) is 0 Å². The van der Waals surface area contributed by atoms with Crippen LogP contribution in [0.4, 0.5) is 0 Å². The second kappa shape index (κ2) is 10.6. The highest BCUT2D eigenvalue weighted by Gasteiger charge is 1.97. The summed E-state index contributed by atoms with van der Waals surface area (Å²) in [4.78, 5) is 3.23. The second-order valence-corrected chi connectivity index (χ2v) is 4.25. The third-order valence-corrected chi connectivity index (χ3v) is 1.19. The molecule has 0 aromatic heterocycles. The lowest BCUT2D eigenvalue weighted by atomic mass is 11.4. The summed E-state index contributed by atoms with van der Waals surface area (Å²) in [6.45, 7) is 10.7.